The minimum absolute atomic E-state index is 1.09. The second-order valence-electron chi connectivity index (χ2n) is 2.91. The molecule has 0 unspecified atom stereocenters. The summed E-state index contributed by atoms with van der Waals surface area (Å²) < 4.78 is 0. The van der Waals surface area contributed by atoms with Gasteiger partial charge in [0.2, 0.25) is 0 Å². The third kappa shape index (κ3) is 4.18. The highest BCUT2D eigenvalue weighted by atomic mass is 32.1. The fourth-order valence-electron chi connectivity index (χ4n) is 1.60. The fourth-order valence-corrected chi connectivity index (χ4v) is 1.60. The lowest BCUT2D eigenvalue weighted by Gasteiger charge is -2.18. The lowest BCUT2D eigenvalue weighted by molar-refractivity contribution is 0.349. The Morgan fingerprint density at radius 3 is 2.00 bits per heavy atom. The maximum atomic E-state index is 4.19. The van der Waals surface area contributed by atoms with Crippen molar-refractivity contribution in [2.75, 3.05) is 0 Å². The maximum Gasteiger partial charge on any atom is -0.0417 e. The summed E-state index contributed by atoms with van der Waals surface area (Å²) in [5.74, 6) is 1.09. The molecule has 1 aliphatic carbocycles. The lowest BCUT2D eigenvalue weighted by atomic mass is 9.88. The largest absolute Gasteiger partial charge is 0.281 e. The molecule has 1 fully saturated rings. The molecule has 0 aliphatic heterocycles. The first-order valence-electron chi connectivity index (χ1n) is 4.19. The molecule has 0 aromatic rings. The van der Waals surface area contributed by atoms with Crippen molar-refractivity contribution in [3.05, 3.63) is 0 Å². The number of hydrogen-bond donors (Lipinski definition) is 2. The second-order valence-corrected chi connectivity index (χ2v) is 2.91. The molecule has 1 nitrogen and oxygen atoms in total. The van der Waals surface area contributed by atoms with Crippen LogP contribution >= 0.6 is 12.8 Å². The first kappa shape index (κ1) is 10.3. The van der Waals surface area contributed by atoms with Gasteiger partial charge >= 0.3 is 0 Å². The summed E-state index contributed by atoms with van der Waals surface area (Å²) >= 11 is 3.03. The van der Waals surface area contributed by atoms with E-state index in [4.69, 9.17) is 0 Å². The van der Waals surface area contributed by atoms with Crippen molar-refractivity contribution in [1.29, 1.82) is 0 Å². The van der Waals surface area contributed by atoms with E-state index >= 15 is 0 Å². The summed E-state index contributed by atoms with van der Waals surface area (Å²) in [4.78, 5) is 0. The molecule has 2 N–H and O–H groups in total. The molecule has 0 heterocycles. The van der Waals surface area contributed by atoms with Crippen molar-refractivity contribution >= 4 is 12.8 Å². The molecule has 1 saturated carbocycles. The van der Waals surface area contributed by atoms with Crippen molar-refractivity contribution in [3.63, 3.8) is 0 Å². The average molecular weight is 161 g/mol. The molecule has 1 rings (SSSR count). The molecule has 0 saturated heterocycles. The molecule has 0 amide bonds. The van der Waals surface area contributed by atoms with Gasteiger partial charge in [0.1, 0.15) is 0 Å². The Hall–Kier alpha value is 0.310. The topological polar surface area (TPSA) is 26.0 Å². The molecule has 10 heavy (non-hydrogen) atoms. The molecule has 2 heteroatoms. The van der Waals surface area contributed by atoms with Crippen molar-refractivity contribution in [2.24, 2.45) is 11.1 Å². The summed E-state index contributed by atoms with van der Waals surface area (Å²) in [5, 5.41) is 4.19. The molecule has 0 radical (unpaired) electrons. The van der Waals surface area contributed by atoms with E-state index in [9.17, 15) is 0 Å². The third-order valence-corrected chi connectivity index (χ3v) is 2.30. The quantitative estimate of drug-likeness (QED) is 0.568. The van der Waals surface area contributed by atoms with Gasteiger partial charge in [0, 0.05) is 0 Å². The van der Waals surface area contributed by atoms with Crippen LogP contribution in [-0.4, -0.2) is 0 Å². The summed E-state index contributed by atoms with van der Waals surface area (Å²) in [7, 11) is 0. The van der Waals surface area contributed by atoms with Gasteiger partial charge in [-0.1, -0.05) is 45.4 Å². The van der Waals surface area contributed by atoms with E-state index in [1.807, 2.05) is 0 Å². The Labute approximate surface area is 69.9 Å². The van der Waals surface area contributed by atoms with Crippen LogP contribution in [0.5, 0.6) is 0 Å². The summed E-state index contributed by atoms with van der Waals surface area (Å²) in [6.07, 6.45) is 8.93. The molecule has 0 bridgehead atoms. The minimum Gasteiger partial charge on any atom is -0.281 e. The highest BCUT2D eigenvalue weighted by molar-refractivity contribution is 7.77. The van der Waals surface area contributed by atoms with Gasteiger partial charge < -0.3 is 0 Å². The molecule has 1 aliphatic rings. The molecular formula is C8H19NS. The van der Waals surface area contributed by atoms with E-state index in [2.05, 4.69) is 24.9 Å². The van der Waals surface area contributed by atoms with E-state index in [0.717, 1.165) is 5.92 Å². The van der Waals surface area contributed by atoms with Gasteiger partial charge in [0.25, 0.3) is 0 Å². The molecule has 62 valence electrons. The van der Waals surface area contributed by atoms with Gasteiger partial charge in [-0.25, -0.2) is 0 Å². The van der Waals surface area contributed by atoms with Gasteiger partial charge in [0.05, 0.1) is 0 Å². The zero-order valence-corrected chi connectivity index (χ0v) is 7.74. The Morgan fingerprint density at radius 1 is 1.20 bits per heavy atom. The van der Waals surface area contributed by atoms with Gasteiger partial charge in [-0.15, -0.1) is 12.8 Å². The third-order valence-electron chi connectivity index (χ3n) is 2.30. The molecular weight excluding hydrogens is 142 g/mol. The lowest BCUT2D eigenvalue weighted by Crippen LogP contribution is -2.03. The van der Waals surface area contributed by atoms with Crippen molar-refractivity contribution in [3.8, 4) is 0 Å². The molecule has 0 aromatic heterocycles. The predicted octanol–water partition coefficient (Wildman–Crippen LogP) is 2.77. The number of rotatable bonds is 1. The highest BCUT2D eigenvalue weighted by Gasteiger charge is 2.09. The second kappa shape index (κ2) is 7.42. The van der Waals surface area contributed by atoms with Crippen LogP contribution in [0.15, 0.2) is 0 Å². The zero-order chi connectivity index (χ0) is 7.82. The van der Waals surface area contributed by atoms with Crippen LogP contribution in [-0.2, 0) is 0 Å². The summed E-state index contributed by atoms with van der Waals surface area (Å²) in [5.41, 5.74) is 0. The molecule has 0 spiro atoms. The van der Waals surface area contributed by atoms with E-state index in [1.54, 1.807) is 0 Å². The van der Waals surface area contributed by atoms with Gasteiger partial charge in [-0.2, -0.15) is 0 Å². The SMILES string of the molecule is CCC1CCCCC1.NS. The minimum atomic E-state index is 1.09. The van der Waals surface area contributed by atoms with E-state index in [-0.39, 0.29) is 0 Å². The van der Waals surface area contributed by atoms with E-state index in [0.29, 0.717) is 0 Å². The van der Waals surface area contributed by atoms with E-state index < -0.39 is 0 Å². The Morgan fingerprint density at radius 2 is 1.70 bits per heavy atom. The number of nitrogens with two attached hydrogens (primary N) is 1. The van der Waals surface area contributed by atoms with Gasteiger partial charge in [-0.3, -0.25) is 5.14 Å². The van der Waals surface area contributed by atoms with Gasteiger partial charge in [0.15, 0.2) is 0 Å². The molecule has 0 atom stereocenters. The summed E-state index contributed by atoms with van der Waals surface area (Å²) in [6.45, 7) is 2.32. The first-order valence-corrected chi connectivity index (χ1v) is 4.71. The zero-order valence-electron chi connectivity index (χ0n) is 6.84. The van der Waals surface area contributed by atoms with E-state index in [1.165, 1.54) is 38.5 Å². The van der Waals surface area contributed by atoms with Crippen molar-refractivity contribution in [2.45, 2.75) is 45.4 Å². The normalized spacial score (nSPS) is 19.5. The average Bonchev–Trinajstić information content (AvgIpc) is 2.10. The van der Waals surface area contributed by atoms with Crippen molar-refractivity contribution < 1.29 is 0 Å². The smallest absolute Gasteiger partial charge is 0.0417 e. The van der Waals surface area contributed by atoms with Crippen molar-refractivity contribution in [1.82, 2.24) is 0 Å². The van der Waals surface area contributed by atoms with Crippen LogP contribution in [0.25, 0.3) is 0 Å². The number of hydrogen-bond acceptors (Lipinski definition) is 2. The highest BCUT2D eigenvalue weighted by Crippen LogP contribution is 2.25. The maximum absolute atomic E-state index is 4.19. The fraction of sp³-hybridized carbons (Fsp3) is 1.00. The van der Waals surface area contributed by atoms with Crippen LogP contribution < -0.4 is 5.14 Å². The number of thiol groups is 1. The molecule has 0 aromatic carbocycles. The Kier molecular flexibility index (Phi) is 7.65. The van der Waals surface area contributed by atoms with Crippen LogP contribution in [0.3, 0.4) is 0 Å². The van der Waals surface area contributed by atoms with Crippen LogP contribution in [0.1, 0.15) is 45.4 Å². The van der Waals surface area contributed by atoms with Gasteiger partial charge in [-0.05, 0) is 5.92 Å². The first-order chi connectivity index (χ1) is 4.93. The Balaban J connectivity index is 0.000000371. The van der Waals surface area contributed by atoms with Crippen LogP contribution in [0, 0.1) is 5.92 Å². The predicted molar refractivity (Wildman–Crippen MR) is 50.0 cm³/mol. The van der Waals surface area contributed by atoms with Crippen LogP contribution in [0.4, 0.5) is 0 Å². The van der Waals surface area contributed by atoms with Crippen LogP contribution in [0.2, 0.25) is 0 Å². The Bertz CT molecular complexity index is 60.3. The standard InChI is InChI=1S/C8H16.H3NS/c1-2-8-6-4-3-5-7-8;1-2/h8H,2-7H2,1H3;2H,1H2. The monoisotopic (exact) mass is 161 g/mol. The summed E-state index contributed by atoms with van der Waals surface area (Å²) in [6, 6.07) is 0.